The zero-order valence-electron chi connectivity index (χ0n) is 15.6. The molecule has 2 aromatic carbocycles. The number of imidazole rings is 1. The number of fused-ring (bicyclic) bond motifs is 2. The summed E-state index contributed by atoms with van der Waals surface area (Å²) in [6, 6.07) is 5.17. The molecule has 9 heteroatoms. The van der Waals surface area contributed by atoms with Crippen LogP contribution >= 0.6 is 0 Å². The van der Waals surface area contributed by atoms with Gasteiger partial charge >= 0.3 is 5.69 Å². The molecule has 1 aliphatic rings. The highest BCUT2D eigenvalue weighted by atomic mass is 32.2. The molecular weight excluding hydrogens is 387 g/mol. The molecule has 0 radical (unpaired) electrons. The van der Waals surface area contributed by atoms with E-state index in [1.54, 1.807) is 12.1 Å². The largest absolute Gasteiger partial charge is 0.493 e. The van der Waals surface area contributed by atoms with Gasteiger partial charge in [-0.2, -0.15) is 0 Å². The van der Waals surface area contributed by atoms with Crippen LogP contribution in [0.1, 0.15) is 18.5 Å². The molecule has 0 spiro atoms. The van der Waals surface area contributed by atoms with Crippen LogP contribution < -0.4 is 15.2 Å². The first-order valence-electron chi connectivity index (χ1n) is 8.70. The van der Waals surface area contributed by atoms with E-state index in [-0.39, 0.29) is 5.75 Å². The van der Waals surface area contributed by atoms with E-state index in [0.717, 1.165) is 6.26 Å². The Morgan fingerprint density at radius 2 is 1.93 bits per heavy atom. The average Bonchev–Trinajstić information content (AvgIpc) is 2.93. The Labute approximate surface area is 160 Å². The molecule has 28 heavy (non-hydrogen) atoms. The van der Waals surface area contributed by atoms with E-state index >= 15 is 0 Å². The Hall–Kier alpha value is -2.81. The second-order valence-electron chi connectivity index (χ2n) is 6.78. The zero-order valence-corrected chi connectivity index (χ0v) is 16.4. The van der Waals surface area contributed by atoms with Gasteiger partial charge in [0.15, 0.2) is 11.5 Å². The summed E-state index contributed by atoms with van der Waals surface area (Å²) in [5.41, 5.74) is 1.97. The monoisotopic (exact) mass is 406 g/mol. The molecular formula is C19H19FN2O5S. The van der Waals surface area contributed by atoms with E-state index in [4.69, 9.17) is 9.47 Å². The third kappa shape index (κ3) is 2.86. The van der Waals surface area contributed by atoms with Crippen LogP contribution in [0.5, 0.6) is 11.5 Å². The number of methoxy groups -OCH3 is 1. The van der Waals surface area contributed by atoms with Crippen molar-refractivity contribution in [3.63, 3.8) is 0 Å². The van der Waals surface area contributed by atoms with Crippen molar-refractivity contribution in [3.05, 3.63) is 46.1 Å². The number of rotatable bonds is 5. The Morgan fingerprint density at radius 1 is 1.18 bits per heavy atom. The first kappa shape index (κ1) is 18.5. The normalized spacial score (nSPS) is 15.5. The molecule has 1 unspecified atom stereocenters. The van der Waals surface area contributed by atoms with Gasteiger partial charge in [-0.05, 0) is 42.3 Å². The topological polar surface area (TPSA) is 90.4 Å². The summed E-state index contributed by atoms with van der Waals surface area (Å²) in [5, 5.41) is 0. The third-order valence-electron chi connectivity index (χ3n) is 4.83. The fraction of sp³-hybridized carbons (Fsp3) is 0.316. The summed E-state index contributed by atoms with van der Waals surface area (Å²) in [5.74, 6) is 0.0994. The first-order chi connectivity index (χ1) is 13.2. The van der Waals surface area contributed by atoms with Crippen LogP contribution in [0.3, 0.4) is 0 Å². The summed E-state index contributed by atoms with van der Waals surface area (Å²) in [6.07, 6.45) is 1.12. The van der Waals surface area contributed by atoms with Crippen LogP contribution in [0.15, 0.2) is 29.1 Å². The SMILES string of the molecule is CCOc1cc2c(cc1OC)-c1cc(F)cc3[nH]c(=O)n(c13)C2CS(C)(=O)=O. The van der Waals surface area contributed by atoms with Gasteiger partial charge in [-0.1, -0.05) is 0 Å². The standard InChI is InChI=1S/C19H19FN2O5S/c1-4-27-17-8-12-11(7-16(17)26-2)13-5-10(20)6-14-18(13)22(19(23)21-14)15(12)9-28(3,24)25/h5-8,15H,4,9H2,1-3H3,(H,21,23). The molecule has 1 N–H and O–H groups in total. The lowest BCUT2D eigenvalue weighted by Crippen LogP contribution is -2.30. The lowest BCUT2D eigenvalue weighted by Gasteiger charge is -2.28. The number of benzene rings is 2. The first-order valence-corrected chi connectivity index (χ1v) is 10.8. The molecule has 4 rings (SSSR count). The highest BCUT2D eigenvalue weighted by Gasteiger charge is 2.33. The Balaban J connectivity index is 2.12. The number of aromatic nitrogens is 2. The predicted molar refractivity (Wildman–Crippen MR) is 104 cm³/mol. The molecule has 0 bridgehead atoms. The Morgan fingerprint density at radius 3 is 2.57 bits per heavy atom. The molecule has 1 aliphatic heterocycles. The highest BCUT2D eigenvalue weighted by molar-refractivity contribution is 7.90. The summed E-state index contributed by atoms with van der Waals surface area (Å²) >= 11 is 0. The van der Waals surface area contributed by atoms with Crippen molar-refractivity contribution in [2.45, 2.75) is 13.0 Å². The van der Waals surface area contributed by atoms with Gasteiger partial charge in [0.2, 0.25) is 0 Å². The quantitative estimate of drug-likeness (QED) is 0.703. The number of ether oxygens (including phenoxy) is 2. The molecule has 1 aromatic heterocycles. The van der Waals surface area contributed by atoms with Crippen molar-refractivity contribution in [1.82, 2.24) is 9.55 Å². The van der Waals surface area contributed by atoms with Crippen LogP contribution in [0, 0.1) is 5.82 Å². The molecule has 2 heterocycles. The third-order valence-corrected chi connectivity index (χ3v) is 5.75. The van der Waals surface area contributed by atoms with Crippen molar-refractivity contribution in [1.29, 1.82) is 0 Å². The Bertz CT molecular complexity index is 1260. The molecule has 7 nitrogen and oxygen atoms in total. The number of sulfone groups is 1. The van der Waals surface area contributed by atoms with Gasteiger partial charge in [-0.25, -0.2) is 17.6 Å². The number of aromatic amines is 1. The number of hydrogen-bond donors (Lipinski definition) is 1. The van der Waals surface area contributed by atoms with E-state index < -0.39 is 27.4 Å². The van der Waals surface area contributed by atoms with Crippen molar-refractivity contribution < 1.29 is 22.3 Å². The van der Waals surface area contributed by atoms with Crippen LogP contribution in [0.2, 0.25) is 0 Å². The maximum absolute atomic E-state index is 14.2. The minimum atomic E-state index is -3.43. The van der Waals surface area contributed by atoms with Crippen LogP contribution in [-0.2, 0) is 9.84 Å². The van der Waals surface area contributed by atoms with E-state index in [1.165, 1.54) is 23.8 Å². The predicted octanol–water partition coefficient (Wildman–Crippen LogP) is 2.49. The summed E-state index contributed by atoms with van der Waals surface area (Å²) < 4.78 is 50.9. The van der Waals surface area contributed by atoms with Crippen LogP contribution in [-0.4, -0.2) is 43.7 Å². The molecule has 3 aromatic rings. The van der Waals surface area contributed by atoms with Gasteiger partial charge in [0.25, 0.3) is 0 Å². The van der Waals surface area contributed by atoms with Crippen molar-refractivity contribution >= 4 is 20.9 Å². The number of nitrogens with one attached hydrogen (secondary N) is 1. The zero-order chi connectivity index (χ0) is 20.2. The lowest BCUT2D eigenvalue weighted by atomic mass is 9.90. The molecule has 0 saturated heterocycles. The number of hydrogen-bond acceptors (Lipinski definition) is 5. The number of H-pyrrole nitrogens is 1. The second kappa shape index (κ2) is 6.37. The lowest BCUT2D eigenvalue weighted by molar-refractivity contribution is 0.310. The van der Waals surface area contributed by atoms with Crippen LogP contribution in [0.25, 0.3) is 22.2 Å². The maximum Gasteiger partial charge on any atom is 0.327 e. The summed E-state index contributed by atoms with van der Waals surface area (Å²) in [4.78, 5) is 15.3. The second-order valence-corrected chi connectivity index (χ2v) is 8.97. The van der Waals surface area contributed by atoms with Gasteiger partial charge < -0.3 is 14.5 Å². The fourth-order valence-electron chi connectivity index (χ4n) is 3.84. The smallest absolute Gasteiger partial charge is 0.327 e. The minimum absolute atomic E-state index is 0.276. The molecule has 0 aliphatic carbocycles. The maximum atomic E-state index is 14.2. The van der Waals surface area contributed by atoms with Gasteiger partial charge in [-0.15, -0.1) is 0 Å². The van der Waals surface area contributed by atoms with Gasteiger partial charge in [-0.3, -0.25) is 4.57 Å². The van der Waals surface area contributed by atoms with E-state index in [1.807, 2.05) is 6.92 Å². The van der Waals surface area contributed by atoms with E-state index in [9.17, 15) is 17.6 Å². The summed E-state index contributed by atoms with van der Waals surface area (Å²) in [7, 11) is -1.93. The van der Waals surface area contributed by atoms with Crippen molar-refractivity contribution in [3.8, 4) is 22.6 Å². The van der Waals surface area contributed by atoms with E-state index in [2.05, 4.69) is 4.98 Å². The molecule has 0 saturated carbocycles. The van der Waals surface area contributed by atoms with Gasteiger partial charge in [0, 0.05) is 11.8 Å². The Kier molecular flexibility index (Phi) is 4.22. The van der Waals surface area contributed by atoms with Crippen LogP contribution in [0.4, 0.5) is 4.39 Å². The molecule has 1 atom stereocenters. The minimum Gasteiger partial charge on any atom is -0.493 e. The van der Waals surface area contributed by atoms with E-state index in [0.29, 0.717) is 45.8 Å². The number of nitrogens with zero attached hydrogens (tertiary/aromatic N) is 1. The molecule has 148 valence electrons. The highest BCUT2D eigenvalue weighted by Crippen LogP contribution is 2.45. The van der Waals surface area contributed by atoms with Gasteiger partial charge in [0.1, 0.15) is 15.7 Å². The average molecular weight is 406 g/mol. The fourth-order valence-corrected chi connectivity index (χ4v) is 4.74. The molecule has 0 fully saturated rings. The molecule has 0 amide bonds. The van der Waals surface area contributed by atoms with Crippen molar-refractivity contribution in [2.75, 3.05) is 25.7 Å². The summed E-state index contributed by atoms with van der Waals surface area (Å²) in [6.45, 7) is 2.20. The van der Waals surface area contributed by atoms with Crippen molar-refractivity contribution in [2.24, 2.45) is 0 Å². The van der Waals surface area contributed by atoms with Gasteiger partial charge in [0.05, 0.1) is 36.5 Å². The number of halogens is 1.